The molecule has 4 heteroatoms. The highest BCUT2D eigenvalue weighted by Gasteiger charge is 2.13. The molecule has 1 aromatic carbocycles. The number of halogens is 1. The zero-order chi connectivity index (χ0) is 13.1. The summed E-state index contributed by atoms with van der Waals surface area (Å²) in [5.41, 5.74) is 9.40. The lowest BCUT2D eigenvalue weighted by Crippen LogP contribution is -2.16. The lowest BCUT2D eigenvalue weighted by atomic mass is 10.0. The molecule has 1 atom stereocenters. The van der Waals surface area contributed by atoms with Crippen LogP contribution in [0.2, 0.25) is 5.02 Å². The number of aromatic nitrogens is 2. The van der Waals surface area contributed by atoms with Crippen LogP contribution in [0.4, 0.5) is 0 Å². The Morgan fingerprint density at radius 2 is 2.11 bits per heavy atom. The number of aryl methyl sites for hydroxylation is 2. The van der Waals surface area contributed by atoms with Crippen molar-refractivity contribution in [1.82, 2.24) is 9.78 Å². The molecule has 0 aliphatic rings. The molecule has 0 aliphatic heterocycles. The van der Waals surface area contributed by atoms with Crippen molar-refractivity contribution >= 4 is 11.6 Å². The average molecular weight is 264 g/mol. The van der Waals surface area contributed by atoms with Crippen molar-refractivity contribution in [2.75, 3.05) is 0 Å². The van der Waals surface area contributed by atoms with E-state index in [9.17, 15) is 0 Å². The summed E-state index contributed by atoms with van der Waals surface area (Å²) in [5, 5.41) is 5.15. The monoisotopic (exact) mass is 263 g/mol. The fraction of sp³-hybridized carbons (Fsp3) is 0.357. The minimum absolute atomic E-state index is 0.0971. The molecule has 0 saturated heterocycles. The van der Waals surface area contributed by atoms with Gasteiger partial charge in [0.15, 0.2) is 0 Å². The summed E-state index contributed by atoms with van der Waals surface area (Å²) < 4.78 is 1.99. The van der Waals surface area contributed by atoms with E-state index in [0.29, 0.717) is 0 Å². The van der Waals surface area contributed by atoms with Crippen LogP contribution in [-0.4, -0.2) is 9.78 Å². The molecule has 0 saturated carbocycles. The molecule has 0 bridgehead atoms. The molecule has 1 aromatic heterocycles. The van der Waals surface area contributed by atoms with Gasteiger partial charge in [0.05, 0.1) is 5.69 Å². The third kappa shape index (κ3) is 2.74. The van der Waals surface area contributed by atoms with Crippen molar-refractivity contribution in [3.63, 3.8) is 0 Å². The van der Waals surface area contributed by atoms with Crippen molar-refractivity contribution in [3.8, 4) is 0 Å². The summed E-state index contributed by atoms with van der Waals surface area (Å²) >= 11 is 6.16. The quantitative estimate of drug-likeness (QED) is 0.921. The van der Waals surface area contributed by atoms with E-state index in [1.54, 1.807) is 0 Å². The summed E-state index contributed by atoms with van der Waals surface area (Å²) in [6, 6.07) is 9.72. The Morgan fingerprint density at radius 3 is 2.78 bits per heavy atom. The second-order valence-corrected chi connectivity index (χ2v) is 4.83. The number of hydrogen-bond acceptors (Lipinski definition) is 2. The molecule has 0 spiro atoms. The van der Waals surface area contributed by atoms with Crippen LogP contribution in [0.1, 0.15) is 29.9 Å². The minimum Gasteiger partial charge on any atom is -0.324 e. The van der Waals surface area contributed by atoms with Gasteiger partial charge in [-0.15, -0.1) is 0 Å². The van der Waals surface area contributed by atoms with Gasteiger partial charge in [0, 0.05) is 29.7 Å². The highest BCUT2D eigenvalue weighted by atomic mass is 35.5. The van der Waals surface area contributed by atoms with Gasteiger partial charge in [-0.2, -0.15) is 5.10 Å². The van der Waals surface area contributed by atoms with Gasteiger partial charge in [-0.05, 0) is 31.5 Å². The predicted molar refractivity (Wildman–Crippen MR) is 74.7 cm³/mol. The zero-order valence-electron chi connectivity index (χ0n) is 10.7. The van der Waals surface area contributed by atoms with E-state index in [1.165, 1.54) is 0 Å². The van der Waals surface area contributed by atoms with E-state index in [2.05, 4.69) is 18.1 Å². The summed E-state index contributed by atoms with van der Waals surface area (Å²) in [5.74, 6) is 0. The number of rotatable bonds is 4. The number of hydrogen-bond donors (Lipinski definition) is 1. The number of benzene rings is 1. The van der Waals surface area contributed by atoms with Crippen LogP contribution >= 0.6 is 11.6 Å². The van der Waals surface area contributed by atoms with Crippen molar-refractivity contribution in [3.05, 3.63) is 52.3 Å². The maximum Gasteiger partial charge on any atom is 0.0596 e. The third-order valence-corrected chi connectivity index (χ3v) is 3.36. The molecular weight excluding hydrogens is 246 g/mol. The average Bonchev–Trinajstić information content (AvgIpc) is 2.70. The largest absolute Gasteiger partial charge is 0.324 e. The second kappa shape index (κ2) is 5.55. The Balaban J connectivity index is 2.21. The summed E-state index contributed by atoms with van der Waals surface area (Å²) in [6.07, 6.45) is 0.748. The van der Waals surface area contributed by atoms with Gasteiger partial charge < -0.3 is 5.73 Å². The van der Waals surface area contributed by atoms with Crippen LogP contribution < -0.4 is 5.73 Å². The van der Waals surface area contributed by atoms with E-state index >= 15 is 0 Å². The molecule has 2 N–H and O–H groups in total. The molecule has 18 heavy (non-hydrogen) atoms. The maximum atomic E-state index is 6.24. The van der Waals surface area contributed by atoms with Crippen LogP contribution in [0.3, 0.4) is 0 Å². The van der Waals surface area contributed by atoms with Gasteiger partial charge in [0.25, 0.3) is 0 Å². The molecule has 0 aliphatic carbocycles. The van der Waals surface area contributed by atoms with Crippen LogP contribution in [0.15, 0.2) is 30.3 Å². The predicted octanol–water partition coefficient (Wildman–Crippen LogP) is 3.11. The molecule has 3 nitrogen and oxygen atoms in total. The van der Waals surface area contributed by atoms with Crippen molar-refractivity contribution < 1.29 is 0 Å². The first-order chi connectivity index (χ1) is 8.61. The molecule has 0 amide bonds. The van der Waals surface area contributed by atoms with Crippen LogP contribution in [0, 0.1) is 6.92 Å². The summed E-state index contributed by atoms with van der Waals surface area (Å²) in [7, 11) is 0. The van der Waals surface area contributed by atoms with E-state index in [-0.39, 0.29) is 6.04 Å². The molecule has 2 rings (SSSR count). The second-order valence-electron chi connectivity index (χ2n) is 4.42. The first-order valence-corrected chi connectivity index (χ1v) is 6.53. The highest BCUT2D eigenvalue weighted by molar-refractivity contribution is 6.31. The fourth-order valence-corrected chi connectivity index (χ4v) is 2.42. The van der Waals surface area contributed by atoms with Crippen LogP contribution in [0.5, 0.6) is 0 Å². The van der Waals surface area contributed by atoms with Crippen LogP contribution in [-0.2, 0) is 13.0 Å². The standard InChI is InChI=1S/C14H18ClN3/c1-3-18-11(8-10(2)17-18)9-14(16)12-6-4-5-7-13(12)15/h4-8,14H,3,9,16H2,1-2H3. The molecule has 1 unspecified atom stereocenters. The Hall–Kier alpha value is -1.32. The van der Waals surface area contributed by atoms with Crippen molar-refractivity contribution in [2.24, 2.45) is 5.73 Å². The van der Waals surface area contributed by atoms with Gasteiger partial charge in [0.1, 0.15) is 0 Å². The zero-order valence-corrected chi connectivity index (χ0v) is 11.5. The molecule has 0 fully saturated rings. The molecular formula is C14H18ClN3. The fourth-order valence-electron chi connectivity index (χ4n) is 2.15. The minimum atomic E-state index is -0.0971. The molecule has 1 heterocycles. The van der Waals surface area contributed by atoms with Gasteiger partial charge >= 0.3 is 0 Å². The lowest BCUT2D eigenvalue weighted by Gasteiger charge is -2.14. The Bertz CT molecular complexity index is 534. The first kappa shape index (κ1) is 13.1. The molecule has 2 aromatic rings. The van der Waals surface area contributed by atoms with Gasteiger partial charge in [0.2, 0.25) is 0 Å². The number of nitrogens with zero attached hydrogens (tertiary/aromatic N) is 2. The molecule has 96 valence electrons. The maximum absolute atomic E-state index is 6.24. The smallest absolute Gasteiger partial charge is 0.0596 e. The lowest BCUT2D eigenvalue weighted by molar-refractivity contribution is 0.587. The Morgan fingerprint density at radius 1 is 1.39 bits per heavy atom. The van der Waals surface area contributed by atoms with Gasteiger partial charge in [-0.3, -0.25) is 4.68 Å². The van der Waals surface area contributed by atoms with E-state index < -0.39 is 0 Å². The van der Waals surface area contributed by atoms with Crippen molar-refractivity contribution in [1.29, 1.82) is 0 Å². The highest BCUT2D eigenvalue weighted by Crippen LogP contribution is 2.24. The summed E-state index contributed by atoms with van der Waals surface area (Å²) in [4.78, 5) is 0. The topological polar surface area (TPSA) is 43.8 Å². The summed E-state index contributed by atoms with van der Waals surface area (Å²) in [6.45, 7) is 4.94. The Kier molecular flexibility index (Phi) is 4.04. The molecule has 0 radical (unpaired) electrons. The third-order valence-electron chi connectivity index (χ3n) is 3.02. The van der Waals surface area contributed by atoms with Gasteiger partial charge in [-0.1, -0.05) is 29.8 Å². The first-order valence-electron chi connectivity index (χ1n) is 6.15. The van der Waals surface area contributed by atoms with E-state index in [0.717, 1.165) is 34.9 Å². The van der Waals surface area contributed by atoms with Gasteiger partial charge in [-0.25, -0.2) is 0 Å². The Labute approximate surface area is 113 Å². The number of nitrogens with two attached hydrogens (primary N) is 1. The van der Waals surface area contributed by atoms with E-state index in [4.69, 9.17) is 17.3 Å². The van der Waals surface area contributed by atoms with Crippen LogP contribution in [0.25, 0.3) is 0 Å². The normalized spacial score (nSPS) is 12.7. The van der Waals surface area contributed by atoms with E-state index in [1.807, 2.05) is 35.9 Å². The van der Waals surface area contributed by atoms with Crippen molar-refractivity contribution in [2.45, 2.75) is 32.9 Å². The SMILES string of the molecule is CCn1nc(C)cc1CC(N)c1ccccc1Cl.